The molecule has 9 nitrogen and oxygen atoms in total. The van der Waals surface area contributed by atoms with Gasteiger partial charge in [-0.25, -0.2) is 17.6 Å². The van der Waals surface area contributed by atoms with Gasteiger partial charge in [-0.2, -0.15) is 5.10 Å². The molecule has 2 aromatic carbocycles. The first-order valence-corrected chi connectivity index (χ1v) is 12.6. The molecule has 2 saturated heterocycles. The third kappa shape index (κ3) is 5.71. The van der Waals surface area contributed by atoms with Crippen LogP contribution in [-0.2, 0) is 19.4 Å². The molecule has 34 heavy (non-hydrogen) atoms. The molecule has 0 radical (unpaired) electrons. The van der Waals surface area contributed by atoms with Crippen LogP contribution in [0.2, 0.25) is 0 Å². The van der Waals surface area contributed by atoms with Crippen molar-refractivity contribution in [2.24, 2.45) is 5.10 Å². The fourth-order valence-electron chi connectivity index (χ4n) is 3.72. The van der Waals surface area contributed by atoms with Crippen LogP contribution in [0.4, 0.5) is 14.9 Å². The number of anilines is 1. The van der Waals surface area contributed by atoms with E-state index in [-0.39, 0.29) is 30.5 Å². The Morgan fingerprint density at radius 1 is 1.21 bits per heavy atom. The summed E-state index contributed by atoms with van der Waals surface area (Å²) in [4.78, 5) is 24.6. The second-order valence-corrected chi connectivity index (χ2v) is 10.5. The Hall–Kier alpha value is -3.47. The summed E-state index contributed by atoms with van der Waals surface area (Å²) in [5, 5.41) is 8.65. The number of carbonyl (C=O) groups excluding carboxylic acids is 2. The molecule has 2 aliphatic rings. The Bertz CT molecular complexity index is 1200. The second kappa shape index (κ2) is 9.80. The van der Waals surface area contributed by atoms with Crippen LogP contribution in [0, 0.1) is 5.82 Å². The molecule has 0 saturated carbocycles. The predicted octanol–water partition coefficient (Wildman–Crippen LogP) is 2.02. The zero-order chi connectivity index (χ0) is 24.3. The topological polar surface area (TPSA) is 108 Å². The minimum absolute atomic E-state index is 0.101. The summed E-state index contributed by atoms with van der Waals surface area (Å²) in [7, 11) is -2.95. The van der Waals surface area contributed by atoms with Crippen molar-refractivity contribution >= 4 is 33.7 Å². The van der Waals surface area contributed by atoms with Crippen LogP contribution in [-0.4, -0.2) is 75.4 Å². The minimum Gasteiger partial charge on any atom is -0.442 e. The van der Waals surface area contributed by atoms with Crippen molar-refractivity contribution in [2.75, 3.05) is 42.6 Å². The van der Waals surface area contributed by atoms with Crippen LogP contribution in [0.5, 0.6) is 0 Å². The minimum atomic E-state index is -2.95. The van der Waals surface area contributed by atoms with Gasteiger partial charge >= 0.3 is 6.09 Å². The summed E-state index contributed by atoms with van der Waals surface area (Å²) in [5.41, 5.74) is 2.23. The number of benzene rings is 2. The Morgan fingerprint density at radius 3 is 2.56 bits per heavy atom. The van der Waals surface area contributed by atoms with Gasteiger partial charge in [0, 0.05) is 12.5 Å². The third-order valence-corrected chi connectivity index (χ3v) is 7.24. The Morgan fingerprint density at radius 2 is 1.91 bits per heavy atom. The van der Waals surface area contributed by atoms with Crippen molar-refractivity contribution in [3.05, 3.63) is 53.8 Å². The predicted molar refractivity (Wildman–Crippen MR) is 126 cm³/mol. The second-order valence-electron chi connectivity index (χ2n) is 8.19. The number of amides is 2. The number of hydrogen-bond donors (Lipinski definition) is 1. The maximum atomic E-state index is 14.9. The molecule has 0 aromatic heterocycles. The van der Waals surface area contributed by atoms with Gasteiger partial charge in [0.2, 0.25) is 5.91 Å². The van der Waals surface area contributed by atoms with Crippen molar-refractivity contribution in [2.45, 2.75) is 13.0 Å². The zero-order valence-corrected chi connectivity index (χ0v) is 19.4. The lowest BCUT2D eigenvalue weighted by molar-refractivity contribution is -0.119. The molecule has 1 atom stereocenters. The Labute approximate surface area is 197 Å². The van der Waals surface area contributed by atoms with Crippen molar-refractivity contribution < 1.29 is 27.1 Å². The standard InChI is InChI=1S/C23H25FN4O5S/c1-16(29)25-14-20-15-28(23(30)33-20)19-6-7-21(22(24)12-19)18-4-2-17(3-5-18)13-26-27-8-10-34(31,32)11-9-27/h2-7,12-13,20H,8-11,14-15H2,1H3,(H,25,29)/b26-13+/t20-/m0/s1. The fourth-order valence-corrected chi connectivity index (χ4v) is 4.90. The molecule has 2 amide bonds. The lowest BCUT2D eigenvalue weighted by Gasteiger charge is -2.23. The van der Waals surface area contributed by atoms with E-state index in [1.54, 1.807) is 47.6 Å². The molecule has 0 unspecified atom stereocenters. The first kappa shape index (κ1) is 23.7. The van der Waals surface area contributed by atoms with E-state index in [1.807, 2.05) is 0 Å². The number of nitrogens with zero attached hydrogens (tertiary/aromatic N) is 3. The summed E-state index contributed by atoms with van der Waals surface area (Å²) in [6.45, 7) is 2.53. The van der Waals surface area contributed by atoms with E-state index in [0.717, 1.165) is 5.56 Å². The molecule has 11 heteroatoms. The largest absolute Gasteiger partial charge is 0.442 e. The van der Waals surface area contributed by atoms with E-state index in [9.17, 15) is 22.4 Å². The molecule has 2 aromatic rings. The van der Waals surface area contributed by atoms with Crippen LogP contribution in [0.15, 0.2) is 47.6 Å². The van der Waals surface area contributed by atoms with E-state index in [1.165, 1.54) is 17.9 Å². The number of rotatable bonds is 6. The lowest BCUT2D eigenvalue weighted by atomic mass is 10.0. The van der Waals surface area contributed by atoms with Gasteiger partial charge in [-0.15, -0.1) is 0 Å². The molecule has 0 spiro atoms. The number of halogens is 1. The van der Waals surface area contributed by atoms with Crippen molar-refractivity contribution in [3.63, 3.8) is 0 Å². The number of cyclic esters (lactones) is 1. The van der Waals surface area contributed by atoms with Crippen LogP contribution in [0.25, 0.3) is 11.1 Å². The summed E-state index contributed by atoms with van der Waals surface area (Å²) in [6.07, 6.45) is 0.567. The smallest absolute Gasteiger partial charge is 0.414 e. The number of ether oxygens (including phenoxy) is 1. The van der Waals surface area contributed by atoms with Crippen LogP contribution in [0.3, 0.4) is 0 Å². The number of nitrogens with one attached hydrogen (secondary N) is 1. The van der Waals surface area contributed by atoms with E-state index in [4.69, 9.17) is 4.74 Å². The Balaban J connectivity index is 1.40. The normalized spacial score (nSPS) is 19.9. The van der Waals surface area contributed by atoms with Gasteiger partial charge in [0.05, 0.1) is 49.6 Å². The van der Waals surface area contributed by atoms with Gasteiger partial charge < -0.3 is 10.1 Å². The van der Waals surface area contributed by atoms with Crippen molar-refractivity contribution in [1.29, 1.82) is 0 Å². The van der Waals surface area contributed by atoms with E-state index in [0.29, 0.717) is 29.9 Å². The van der Waals surface area contributed by atoms with E-state index >= 15 is 0 Å². The molecule has 2 fully saturated rings. The van der Waals surface area contributed by atoms with Gasteiger partial charge in [-0.3, -0.25) is 14.7 Å². The van der Waals surface area contributed by atoms with Crippen LogP contribution in [0.1, 0.15) is 12.5 Å². The molecular formula is C23H25FN4O5S. The maximum absolute atomic E-state index is 14.9. The molecular weight excluding hydrogens is 463 g/mol. The first-order chi connectivity index (χ1) is 16.2. The molecule has 4 rings (SSSR count). The summed E-state index contributed by atoms with van der Waals surface area (Å²) in [6, 6.07) is 11.7. The fraction of sp³-hybridized carbons (Fsp3) is 0.348. The number of hydrazone groups is 1. The molecule has 1 N–H and O–H groups in total. The quantitative estimate of drug-likeness (QED) is 0.624. The van der Waals surface area contributed by atoms with Gasteiger partial charge in [-0.05, 0) is 29.3 Å². The summed E-state index contributed by atoms with van der Waals surface area (Å²) < 4.78 is 43.1. The van der Waals surface area contributed by atoms with Gasteiger partial charge in [0.25, 0.3) is 0 Å². The van der Waals surface area contributed by atoms with Gasteiger partial charge in [-0.1, -0.05) is 24.3 Å². The number of carbonyl (C=O) groups is 2. The summed E-state index contributed by atoms with van der Waals surface area (Å²) in [5.74, 6) is -0.497. The monoisotopic (exact) mass is 488 g/mol. The molecule has 2 aliphatic heterocycles. The highest BCUT2D eigenvalue weighted by molar-refractivity contribution is 7.91. The van der Waals surface area contributed by atoms with Gasteiger partial charge in [0.15, 0.2) is 9.84 Å². The average Bonchev–Trinajstić information content (AvgIpc) is 3.18. The zero-order valence-electron chi connectivity index (χ0n) is 18.6. The highest BCUT2D eigenvalue weighted by Crippen LogP contribution is 2.29. The van der Waals surface area contributed by atoms with Crippen LogP contribution < -0.4 is 10.2 Å². The molecule has 2 heterocycles. The highest BCUT2D eigenvalue weighted by Gasteiger charge is 2.32. The van der Waals surface area contributed by atoms with Crippen molar-refractivity contribution in [3.8, 4) is 11.1 Å². The average molecular weight is 489 g/mol. The number of hydrogen-bond acceptors (Lipinski definition) is 7. The van der Waals surface area contributed by atoms with E-state index in [2.05, 4.69) is 10.4 Å². The molecule has 0 aliphatic carbocycles. The summed E-state index contributed by atoms with van der Waals surface area (Å²) >= 11 is 0. The molecule has 0 bridgehead atoms. The molecule has 180 valence electrons. The third-order valence-electron chi connectivity index (χ3n) is 5.63. The number of sulfone groups is 1. The SMILES string of the molecule is CC(=O)NC[C@H]1CN(c2ccc(-c3ccc(/C=N/N4CCS(=O)(=O)CC4)cc3)c(F)c2)C(=O)O1. The van der Waals surface area contributed by atoms with Gasteiger partial charge in [0.1, 0.15) is 11.9 Å². The van der Waals surface area contributed by atoms with Crippen LogP contribution >= 0.6 is 0 Å². The van der Waals surface area contributed by atoms with E-state index < -0.39 is 27.9 Å². The first-order valence-electron chi connectivity index (χ1n) is 10.8. The lowest BCUT2D eigenvalue weighted by Crippen LogP contribution is -2.37. The maximum Gasteiger partial charge on any atom is 0.414 e. The highest BCUT2D eigenvalue weighted by atomic mass is 32.2. The Kier molecular flexibility index (Phi) is 6.82. The van der Waals surface area contributed by atoms with Crippen molar-refractivity contribution in [1.82, 2.24) is 10.3 Å².